The van der Waals surface area contributed by atoms with E-state index in [4.69, 9.17) is 18.9 Å². The van der Waals surface area contributed by atoms with Crippen LogP contribution < -0.4 is 0 Å². The van der Waals surface area contributed by atoms with Crippen molar-refractivity contribution < 1.29 is 38.1 Å². The number of hydrogen-bond donors (Lipinski definition) is 0. The fraction of sp³-hybridized carbons (Fsp3) is 0.913. The lowest BCUT2D eigenvalue weighted by Crippen LogP contribution is -2.51. The molecule has 616 valence electrons. The third-order valence-corrected chi connectivity index (χ3v) is 21.8. The molecule has 0 N–H and O–H groups in total. The third-order valence-electron chi connectivity index (χ3n) is 21.8. The maximum Gasteiger partial charge on any atom is 0.306 e. The van der Waals surface area contributed by atoms with E-state index in [2.05, 4.69) is 171 Å². The first-order chi connectivity index (χ1) is 49.6. The molecule has 0 saturated carbocycles. The number of ether oxygens (including phenoxy) is 4. The molecule has 0 amide bonds. The van der Waals surface area contributed by atoms with E-state index in [9.17, 15) is 19.2 Å². The standard InChI is InChI=1S/C48H92N2O4.C44H88N2O4/c1-9-13-31-44(32-14-10-2)35-25-29-41-53-46(51)37-23-19-17-21-27-39-50(48(5,6)43-49(7)8)40-28-22-18-20-24-38-47(52)54-42-30-26-36-45(33-15-11-3)34-16-12-4;1-36(2)25-27-40(38(5)6)29-33-49-42(47)23-19-15-13-17-21-31-46(44(9,10)35-45(11)12)32-22-18-14-16-20-24-43(48)50-34-30-41(39(7)8)28-26-37(3)4/h25-26,29-30,44-45H,9-24,27-28,31-43H2,1-8H3;36-41H,13-35H2,1-12H3/b29-25-,30-26-;. The summed E-state index contributed by atoms with van der Waals surface area (Å²) in [4.78, 5) is 59.1. The molecule has 0 fully saturated rings. The van der Waals surface area contributed by atoms with Gasteiger partial charge >= 0.3 is 23.9 Å². The fourth-order valence-electron chi connectivity index (χ4n) is 15.0. The summed E-state index contributed by atoms with van der Waals surface area (Å²) in [6, 6.07) is 0. The second-order valence-electron chi connectivity index (χ2n) is 35.2. The number of carbonyl (C=O) groups is 4. The van der Waals surface area contributed by atoms with Crippen LogP contribution in [-0.2, 0) is 38.1 Å². The van der Waals surface area contributed by atoms with E-state index in [0.717, 1.165) is 140 Å². The Hall–Kier alpha value is -2.80. The smallest absolute Gasteiger partial charge is 0.306 e. The molecule has 12 nitrogen and oxygen atoms in total. The number of hydrogen-bond acceptors (Lipinski definition) is 12. The molecule has 0 heterocycles. The van der Waals surface area contributed by atoms with Crippen molar-refractivity contribution in [1.82, 2.24) is 19.6 Å². The number of unbranched alkanes of at least 4 members (excludes halogenated alkanes) is 20. The zero-order valence-corrected chi connectivity index (χ0v) is 73.2. The summed E-state index contributed by atoms with van der Waals surface area (Å²) in [5, 5.41) is 0. The van der Waals surface area contributed by atoms with Gasteiger partial charge in [-0.2, -0.15) is 0 Å². The number of allylic oxidation sites excluding steroid dienone is 2. The van der Waals surface area contributed by atoms with E-state index in [0.29, 0.717) is 75.8 Å². The molecule has 0 aromatic carbocycles. The molecule has 0 bridgehead atoms. The van der Waals surface area contributed by atoms with Gasteiger partial charge in [-0.3, -0.25) is 29.0 Å². The first-order valence-corrected chi connectivity index (χ1v) is 44.4. The Labute approximate surface area is 648 Å². The van der Waals surface area contributed by atoms with Crippen LogP contribution >= 0.6 is 0 Å². The number of carbonyl (C=O) groups excluding carboxylic acids is 4. The fourth-order valence-corrected chi connectivity index (χ4v) is 15.0. The number of rotatable bonds is 72. The SMILES string of the molecule is CC(C)CCC(CCOC(=O)CCCCCCCN(CCCCCCCC(=O)OCCC(CCC(C)C)C(C)C)C(C)(C)CN(C)C)C(C)C.CCCCC(C/C=C\COC(=O)CCCCCCCN(CCCCCCCC(=O)OC/C=C\CC(CCCC)CCCC)C(C)(C)CN(C)C)CCCC. The summed E-state index contributed by atoms with van der Waals surface area (Å²) in [6.07, 6.45) is 57.8. The van der Waals surface area contributed by atoms with Crippen LogP contribution in [0.2, 0.25) is 0 Å². The molecule has 0 radical (unpaired) electrons. The lowest BCUT2D eigenvalue weighted by atomic mass is 9.86. The minimum absolute atomic E-state index is 0.0180. The molecule has 0 saturated heterocycles. The summed E-state index contributed by atoms with van der Waals surface area (Å²) >= 11 is 0. The van der Waals surface area contributed by atoms with E-state index in [-0.39, 0.29) is 35.0 Å². The molecule has 12 heteroatoms. The molecule has 0 aliphatic heterocycles. The molecule has 2 atom stereocenters. The number of esters is 4. The van der Waals surface area contributed by atoms with Crippen LogP contribution in [-0.4, -0.2) is 148 Å². The second-order valence-corrected chi connectivity index (χ2v) is 35.2. The van der Waals surface area contributed by atoms with Crippen LogP contribution in [0, 0.1) is 47.3 Å². The highest BCUT2D eigenvalue weighted by Crippen LogP contribution is 2.28. The van der Waals surface area contributed by atoms with Crippen molar-refractivity contribution in [3.05, 3.63) is 24.3 Å². The molecule has 0 aliphatic rings. The van der Waals surface area contributed by atoms with Gasteiger partial charge in [0.1, 0.15) is 13.2 Å². The number of nitrogens with zero attached hydrogens (tertiary/aromatic N) is 4. The van der Waals surface area contributed by atoms with Crippen LogP contribution in [0.25, 0.3) is 0 Å². The highest BCUT2D eigenvalue weighted by atomic mass is 16.5. The summed E-state index contributed by atoms with van der Waals surface area (Å²) in [6.45, 7) is 45.4. The molecule has 104 heavy (non-hydrogen) atoms. The van der Waals surface area contributed by atoms with Gasteiger partial charge in [0, 0.05) is 49.9 Å². The van der Waals surface area contributed by atoms with Gasteiger partial charge in [-0.15, -0.1) is 0 Å². The van der Waals surface area contributed by atoms with Crippen LogP contribution in [0.1, 0.15) is 393 Å². The molecule has 2 unspecified atom stereocenters. The second kappa shape index (κ2) is 69.4. The van der Waals surface area contributed by atoms with Crippen LogP contribution in [0.5, 0.6) is 0 Å². The van der Waals surface area contributed by atoms with Crippen molar-refractivity contribution in [2.45, 2.75) is 404 Å². The lowest BCUT2D eigenvalue weighted by molar-refractivity contribution is -0.145. The lowest BCUT2D eigenvalue weighted by Gasteiger charge is -2.40. The Morgan fingerprint density at radius 1 is 0.317 bits per heavy atom. The highest BCUT2D eigenvalue weighted by Gasteiger charge is 2.28. The molecule has 0 rings (SSSR count). The normalized spacial score (nSPS) is 13.1. The monoisotopic (exact) mass is 1470 g/mol. The van der Waals surface area contributed by atoms with E-state index in [1.54, 1.807) is 0 Å². The van der Waals surface area contributed by atoms with E-state index in [1.807, 2.05) is 12.2 Å². The predicted octanol–water partition coefficient (Wildman–Crippen LogP) is 24.9. The predicted molar refractivity (Wildman–Crippen MR) is 450 cm³/mol. The summed E-state index contributed by atoms with van der Waals surface area (Å²) < 4.78 is 22.2. The van der Waals surface area contributed by atoms with Crippen molar-refractivity contribution in [3.63, 3.8) is 0 Å². The zero-order valence-electron chi connectivity index (χ0n) is 73.2. The van der Waals surface area contributed by atoms with Gasteiger partial charge < -0.3 is 28.7 Å². The average Bonchev–Trinajstić information content (AvgIpc) is 0.828. The average molecular weight is 1470 g/mol. The third kappa shape index (κ3) is 65.1. The van der Waals surface area contributed by atoms with E-state index in [1.165, 1.54) is 180 Å². The maximum absolute atomic E-state index is 12.3. The topological polar surface area (TPSA) is 118 Å². The Kier molecular flexibility index (Phi) is 68.9. The maximum atomic E-state index is 12.3. The van der Waals surface area contributed by atoms with Crippen LogP contribution in [0.15, 0.2) is 24.3 Å². The van der Waals surface area contributed by atoms with Gasteiger partial charge in [-0.05, 0) is 219 Å². The molecule has 0 spiro atoms. The molecular weight excluding hydrogens is 1290 g/mol. The summed E-state index contributed by atoms with van der Waals surface area (Å²) in [7, 11) is 8.67. The van der Waals surface area contributed by atoms with Crippen molar-refractivity contribution in [1.29, 1.82) is 0 Å². The van der Waals surface area contributed by atoms with Gasteiger partial charge in [0.2, 0.25) is 0 Å². The minimum Gasteiger partial charge on any atom is -0.466 e. The van der Waals surface area contributed by atoms with Crippen LogP contribution in [0.3, 0.4) is 0 Å². The summed E-state index contributed by atoms with van der Waals surface area (Å²) in [5.41, 5.74) is 0.251. The Morgan fingerprint density at radius 2 is 0.577 bits per heavy atom. The minimum atomic E-state index is -0.0587. The van der Waals surface area contributed by atoms with Gasteiger partial charge in [0.15, 0.2) is 0 Å². The Bertz CT molecular complexity index is 1880. The van der Waals surface area contributed by atoms with E-state index >= 15 is 0 Å². The van der Waals surface area contributed by atoms with Crippen molar-refractivity contribution in [2.24, 2.45) is 47.3 Å². The summed E-state index contributed by atoms with van der Waals surface area (Å²) in [5.74, 6) is 5.43. The molecular formula is C92H180N4O8. The van der Waals surface area contributed by atoms with Crippen molar-refractivity contribution in [3.8, 4) is 0 Å². The first kappa shape index (κ1) is 103. The largest absolute Gasteiger partial charge is 0.466 e. The Morgan fingerprint density at radius 3 is 0.827 bits per heavy atom. The van der Waals surface area contributed by atoms with Gasteiger partial charge in [0.25, 0.3) is 0 Å². The van der Waals surface area contributed by atoms with Gasteiger partial charge in [-0.1, -0.05) is 274 Å². The van der Waals surface area contributed by atoms with Crippen LogP contribution in [0.4, 0.5) is 0 Å². The van der Waals surface area contributed by atoms with E-state index < -0.39 is 0 Å². The van der Waals surface area contributed by atoms with Crippen molar-refractivity contribution >= 4 is 23.9 Å². The van der Waals surface area contributed by atoms with Gasteiger partial charge in [0.05, 0.1) is 13.2 Å². The van der Waals surface area contributed by atoms with Gasteiger partial charge in [-0.25, -0.2) is 0 Å². The highest BCUT2D eigenvalue weighted by molar-refractivity contribution is 5.70. The zero-order chi connectivity index (χ0) is 78.1. The first-order valence-electron chi connectivity index (χ1n) is 44.4. The van der Waals surface area contributed by atoms with Crippen molar-refractivity contribution in [2.75, 3.05) is 93.9 Å². The quantitative estimate of drug-likeness (QED) is 0.0250. The molecule has 0 aliphatic carbocycles. The molecule has 0 aromatic heterocycles. The molecule has 0 aromatic rings. The Balaban J connectivity index is 0. The number of likely N-dealkylation sites (N-methyl/N-ethyl adjacent to an activating group) is 2.